The first kappa shape index (κ1) is 31.3. The molecule has 10 heteroatoms. The molecule has 2 rings (SSSR count). The second kappa shape index (κ2) is 14.9. The molecule has 0 aliphatic heterocycles. The third-order valence-electron chi connectivity index (χ3n) is 6.71. The number of hydrogen-bond donors (Lipinski definition) is 6. The lowest BCUT2D eigenvalue weighted by Crippen LogP contribution is -2.59. The van der Waals surface area contributed by atoms with Gasteiger partial charge in [0, 0.05) is 12.8 Å². The Morgan fingerprint density at radius 2 is 1.31 bits per heavy atom. The molecular weight excluding hydrogens is 500 g/mol. The predicted octanol–water partition coefficient (Wildman–Crippen LogP) is 1.75. The van der Waals surface area contributed by atoms with Crippen LogP contribution in [0.15, 0.2) is 54.6 Å². The molecular formula is C29H40N4O6. The van der Waals surface area contributed by atoms with Gasteiger partial charge < -0.3 is 31.9 Å². The first-order valence-electron chi connectivity index (χ1n) is 13.1. The van der Waals surface area contributed by atoms with Gasteiger partial charge in [-0.25, -0.2) is 4.79 Å². The van der Waals surface area contributed by atoms with Gasteiger partial charge in [0.25, 0.3) is 0 Å². The summed E-state index contributed by atoms with van der Waals surface area (Å²) in [6.07, 6.45) is 0.774. The number of aliphatic carboxylic acids is 1. The van der Waals surface area contributed by atoms with Crippen LogP contribution in [0.4, 0.5) is 0 Å². The molecule has 0 spiro atoms. The summed E-state index contributed by atoms with van der Waals surface area (Å²) in [6, 6.07) is 10.8. The summed E-state index contributed by atoms with van der Waals surface area (Å²) in [5.41, 5.74) is 7.40. The predicted molar refractivity (Wildman–Crippen MR) is 148 cm³/mol. The van der Waals surface area contributed by atoms with Crippen molar-refractivity contribution in [2.45, 2.75) is 71.1 Å². The van der Waals surface area contributed by atoms with Gasteiger partial charge in [0.1, 0.15) is 23.9 Å². The van der Waals surface area contributed by atoms with E-state index in [2.05, 4.69) is 16.0 Å². The van der Waals surface area contributed by atoms with Crippen LogP contribution in [-0.4, -0.2) is 58.1 Å². The minimum atomic E-state index is -1.23. The lowest BCUT2D eigenvalue weighted by molar-refractivity contribution is -0.142. The van der Waals surface area contributed by atoms with Crippen LogP contribution in [0, 0.1) is 11.8 Å². The molecule has 0 aromatic heterocycles. The zero-order valence-electron chi connectivity index (χ0n) is 22.9. The Bertz CT molecular complexity index is 1110. The Balaban J connectivity index is 2.26. The number of hydrogen-bond acceptors (Lipinski definition) is 6. The van der Waals surface area contributed by atoms with Gasteiger partial charge in [-0.1, -0.05) is 76.6 Å². The van der Waals surface area contributed by atoms with E-state index in [1.165, 1.54) is 12.1 Å². The number of carbonyl (C=O) groups excluding carboxylic acids is 3. The number of aromatic hydroxyl groups is 1. The third kappa shape index (κ3) is 9.72. The third-order valence-corrected chi connectivity index (χ3v) is 6.71. The molecule has 5 atom stereocenters. The molecule has 39 heavy (non-hydrogen) atoms. The number of rotatable bonds is 14. The first-order chi connectivity index (χ1) is 18.4. The summed E-state index contributed by atoms with van der Waals surface area (Å²) in [5, 5.41) is 27.3. The molecule has 10 nitrogen and oxygen atoms in total. The fraction of sp³-hybridized carbons (Fsp3) is 0.448. The van der Waals surface area contributed by atoms with Crippen LogP contribution >= 0.6 is 0 Å². The van der Waals surface area contributed by atoms with Gasteiger partial charge in [0.15, 0.2) is 0 Å². The van der Waals surface area contributed by atoms with Gasteiger partial charge >= 0.3 is 5.97 Å². The van der Waals surface area contributed by atoms with Crippen LogP contribution in [-0.2, 0) is 32.0 Å². The SMILES string of the molecule is CCC(C)C(N)C(=O)NC(C(=O)NC(Cc1ccc(O)cc1)C(=O)NC(Cc1ccccc1)C(=O)O)C(C)C. The second-order valence-corrected chi connectivity index (χ2v) is 10.2. The maximum atomic E-state index is 13.4. The standard InChI is InChI=1S/C29H40N4O6/c1-5-18(4)24(30)27(36)33-25(17(2)3)28(37)31-22(15-20-11-13-21(34)14-12-20)26(35)32-23(29(38)39)16-19-9-7-6-8-10-19/h6-14,17-18,22-25,34H,5,15-16,30H2,1-4H3,(H,31,37)(H,32,35)(H,33,36)(H,38,39). The number of carboxylic acid groups (broad SMARTS) is 1. The van der Waals surface area contributed by atoms with E-state index < -0.39 is 47.9 Å². The number of carbonyl (C=O) groups is 4. The Morgan fingerprint density at radius 3 is 1.85 bits per heavy atom. The maximum absolute atomic E-state index is 13.4. The van der Waals surface area contributed by atoms with E-state index in [0.717, 1.165) is 5.56 Å². The van der Waals surface area contributed by atoms with Crippen LogP contribution < -0.4 is 21.7 Å². The Morgan fingerprint density at radius 1 is 0.769 bits per heavy atom. The van der Waals surface area contributed by atoms with Gasteiger partial charge in [-0.15, -0.1) is 0 Å². The van der Waals surface area contributed by atoms with Crippen LogP contribution in [0.5, 0.6) is 5.75 Å². The first-order valence-corrected chi connectivity index (χ1v) is 13.1. The fourth-order valence-corrected chi connectivity index (χ4v) is 3.96. The highest BCUT2D eigenvalue weighted by Crippen LogP contribution is 2.13. The van der Waals surface area contributed by atoms with Gasteiger partial charge in [0.05, 0.1) is 6.04 Å². The molecule has 2 aromatic carbocycles. The number of nitrogens with one attached hydrogen (secondary N) is 3. The number of carboxylic acids is 1. The minimum absolute atomic E-state index is 0.0284. The topological polar surface area (TPSA) is 171 Å². The molecule has 2 aromatic rings. The molecule has 7 N–H and O–H groups in total. The smallest absolute Gasteiger partial charge is 0.326 e. The molecule has 0 heterocycles. The summed E-state index contributed by atoms with van der Waals surface area (Å²) in [6.45, 7) is 7.28. The lowest BCUT2D eigenvalue weighted by Gasteiger charge is -2.28. The van der Waals surface area contributed by atoms with E-state index in [1.54, 1.807) is 56.3 Å². The molecule has 0 saturated carbocycles. The molecule has 5 unspecified atom stereocenters. The molecule has 3 amide bonds. The van der Waals surface area contributed by atoms with E-state index >= 15 is 0 Å². The van der Waals surface area contributed by atoms with Crippen molar-refractivity contribution in [3.63, 3.8) is 0 Å². The van der Waals surface area contributed by atoms with Gasteiger partial charge in [-0.05, 0) is 35.1 Å². The molecule has 212 valence electrons. The number of benzene rings is 2. The van der Waals surface area contributed by atoms with Gasteiger partial charge in [0.2, 0.25) is 17.7 Å². The van der Waals surface area contributed by atoms with Crippen molar-refractivity contribution in [1.82, 2.24) is 16.0 Å². The Kier molecular flexibility index (Phi) is 11.9. The van der Waals surface area contributed by atoms with Crippen LogP contribution in [0.2, 0.25) is 0 Å². The quantitative estimate of drug-likeness (QED) is 0.212. The summed E-state index contributed by atoms with van der Waals surface area (Å²) >= 11 is 0. The molecule has 0 fully saturated rings. The lowest BCUT2D eigenvalue weighted by atomic mass is 9.97. The van der Waals surface area contributed by atoms with Gasteiger partial charge in [-0.3, -0.25) is 14.4 Å². The largest absolute Gasteiger partial charge is 0.508 e. The minimum Gasteiger partial charge on any atom is -0.508 e. The van der Waals surface area contributed by atoms with E-state index in [9.17, 15) is 29.4 Å². The number of phenols is 1. The zero-order valence-corrected chi connectivity index (χ0v) is 22.9. The van der Waals surface area contributed by atoms with Crippen molar-refractivity contribution < 1.29 is 29.4 Å². The Labute approximate surface area is 229 Å². The summed E-state index contributed by atoms with van der Waals surface area (Å²) in [7, 11) is 0. The molecule has 0 aliphatic rings. The molecule has 0 radical (unpaired) electrons. The van der Waals surface area contributed by atoms with E-state index in [0.29, 0.717) is 12.0 Å². The highest BCUT2D eigenvalue weighted by atomic mass is 16.4. The summed E-state index contributed by atoms with van der Waals surface area (Å²) < 4.78 is 0. The van der Waals surface area contributed by atoms with Crippen molar-refractivity contribution in [1.29, 1.82) is 0 Å². The summed E-state index contributed by atoms with van der Waals surface area (Å²) in [5.74, 6) is -3.34. The van der Waals surface area contributed by atoms with Crippen molar-refractivity contribution in [2.75, 3.05) is 0 Å². The Hall–Kier alpha value is -3.92. The second-order valence-electron chi connectivity index (χ2n) is 10.2. The van der Waals surface area contributed by atoms with Gasteiger partial charge in [-0.2, -0.15) is 0 Å². The van der Waals surface area contributed by atoms with E-state index in [4.69, 9.17) is 5.73 Å². The highest BCUT2D eigenvalue weighted by molar-refractivity contribution is 5.94. The van der Waals surface area contributed by atoms with E-state index in [1.807, 2.05) is 13.8 Å². The maximum Gasteiger partial charge on any atom is 0.326 e. The average molecular weight is 541 g/mol. The normalized spacial score (nSPS) is 14.9. The number of amides is 3. The fourth-order valence-electron chi connectivity index (χ4n) is 3.96. The molecule has 0 aliphatic carbocycles. The monoisotopic (exact) mass is 540 g/mol. The van der Waals surface area contributed by atoms with Crippen LogP contribution in [0.1, 0.15) is 45.2 Å². The van der Waals surface area contributed by atoms with Crippen molar-refractivity contribution >= 4 is 23.7 Å². The van der Waals surface area contributed by atoms with Crippen molar-refractivity contribution in [2.24, 2.45) is 17.6 Å². The number of phenolic OH excluding ortho intramolecular Hbond substituents is 1. The van der Waals surface area contributed by atoms with Crippen molar-refractivity contribution in [3.05, 3.63) is 65.7 Å². The molecule has 0 saturated heterocycles. The van der Waals surface area contributed by atoms with E-state index in [-0.39, 0.29) is 30.4 Å². The highest BCUT2D eigenvalue weighted by Gasteiger charge is 2.32. The zero-order chi connectivity index (χ0) is 29.1. The number of nitrogens with two attached hydrogens (primary N) is 1. The molecule has 0 bridgehead atoms. The summed E-state index contributed by atoms with van der Waals surface area (Å²) in [4.78, 5) is 51.4. The van der Waals surface area contributed by atoms with Crippen LogP contribution in [0.25, 0.3) is 0 Å². The van der Waals surface area contributed by atoms with Crippen LogP contribution in [0.3, 0.4) is 0 Å². The average Bonchev–Trinajstić information content (AvgIpc) is 2.91. The van der Waals surface area contributed by atoms with Crippen molar-refractivity contribution in [3.8, 4) is 5.75 Å².